The minimum Gasteiger partial charge on any atom is -0.421 e. The molecule has 0 saturated carbocycles. The van der Waals surface area contributed by atoms with Crippen LogP contribution in [0.1, 0.15) is 83.1 Å². The predicted molar refractivity (Wildman–Crippen MR) is 121 cm³/mol. The van der Waals surface area contributed by atoms with Crippen LogP contribution in [-0.2, 0) is 32.7 Å². The summed E-state index contributed by atoms with van der Waals surface area (Å²) in [4.78, 5) is 11.9. The van der Waals surface area contributed by atoms with Crippen molar-refractivity contribution in [3.8, 4) is 0 Å². The third-order valence-corrected chi connectivity index (χ3v) is 4.91. The number of hydrogen-bond acceptors (Lipinski definition) is 3. The van der Waals surface area contributed by atoms with Gasteiger partial charge in [0.2, 0.25) is 6.17 Å². The normalized spacial score (nSPS) is 21.0. The molecule has 5 heteroatoms. The average molecular weight is 475 g/mol. The number of allylic oxidation sites excluding steroid dienone is 1. The van der Waals surface area contributed by atoms with Gasteiger partial charge in [0, 0.05) is 38.2 Å². The van der Waals surface area contributed by atoms with Crippen LogP contribution in [0.3, 0.4) is 0 Å². The second-order valence-corrected chi connectivity index (χ2v) is 12.3. The van der Waals surface area contributed by atoms with E-state index in [9.17, 15) is 0 Å². The molecule has 0 amide bonds. The molecule has 2 aliphatic rings. The van der Waals surface area contributed by atoms with Crippen molar-refractivity contribution in [2.24, 2.45) is 26.2 Å². The number of amidine groups is 1. The molecular formula is C24H41N4Y-. The summed E-state index contributed by atoms with van der Waals surface area (Å²) in [5.41, 5.74) is 1.08. The largest absolute Gasteiger partial charge is 0.421 e. The molecule has 2 unspecified atom stereocenters. The van der Waals surface area contributed by atoms with E-state index in [1.54, 1.807) is 0 Å². The Labute approximate surface area is 204 Å². The first-order chi connectivity index (χ1) is 12.4. The minimum absolute atomic E-state index is 0. The number of rotatable bonds is 3. The van der Waals surface area contributed by atoms with Crippen molar-refractivity contribution in [1.82, 2.24) is 4.90 Å². The molecule has 2 rings (SSSR count). The second-order valence-electron chi connectivity index (χ2n) is 12.3. The van der Waals surface area contributed by atoms with E-state index in [2.05, 4.69) is 116 Å². The molecule has 2 aliphatic heterocycles. The summed E-state index contributed by atoms with van der Waals surface area (Å²) in [5, 5.41) is 0. The fourth-order valence-electron chi connectivity index (χ4n) is 3.74. The molecule has 0 aromatic carbocycles. The van der Waals surface area contributed by atoms with Crippen molar-refractivity contribution in [3.05, 3.63) is 18.3 Å². The van der Waals surface area contributed by atoms with E-state index < -0.39 is 0 Å². The van der Waals surface area contributed by atoms with Crippen molar-refractivity contribution in [2.75, 3.05) is 0 Å². The summed E-state index contributed by atoms with van der Waals surface area (Å²) >= 11 is 0. The molecule has 161 valence electrons. The Balaban J connectivity index is 0.00000420. The summed E-state index contributed by atoms with van der Waals surface area (Å²) in [6.45, 7) is 27.2. The molecule has 1 radical (unpaired) electrons. The molecule has 29 heavy (non-hydrogen) atoms. The molecule has 0 saturated heterocycles. The maximum absolute atomic E-state index is 4.71. The molecule has 2 heterocycles. The van der Waals surface area contributed by atoms with Crippen LogP contribution in [0.2, 0.25) is 0 Å². The van der Waals surface area contributed by atoms with Crippen molar-refractivity contribution in [3.63, 3.8) is 0 Å². The second kappa shape index (κ2) is 8.65. The third kappa shape index (κ3) is 6.56. The summed E-state index contributed by atoms with van der Waals surface area (Å²) in [6, 6.07) is 0.236. The minimum atomic E-state index is -0.0800. The van der Waals surface area contributed by atoms with Gasteiger partial charge in [0.25, 0.3) is 5.84 Å². The van der Waals surface area contributed by atoms with E-state index in [-0.39, 0.29) is 66.7 Å². The smallest absolute Gasteiger partial charge is 0.289 e. The number of fused-ring (bicyclic) bond motifs is 1. The van der Waals surface area contributed by atoms with Gasteiger partial charge in [-0.1, -0.05) is 58.3 Å². The van der Waals surface area contributed by atoms with Gasteiger partial charge in [0.15, 0.2) is 6.21 Å². The van der Waals surface area contributed by atoms with Crippen LogP contribution in [0.5, 0.6) is 0 Å². The van der Waals surface area contributed by atoms with Crippen LogP contribution in [0.4, 0.5) is 0 Å². The molecule has 0 aromatic rings. The van der Waals surface area contributed by atoms with Gasteiger partial charge in [0.05, 0.1) is 5.41 Å². The van der Waals surface area contributed by atoms with E-state index in [1.165, 1.54) is 0 Å². The number of hydrogen-bond donors (Lipinski definition) is 0. The fraction of sp³-hybridized carbons (Fsp3) is 0.750. The van der Waals surface area contributed by atoms with Gasteiger partial charge in [-0.15, -0.1) is 6.21 Å². The zero-order valence-corrected chi connectivity index (χ0v) is 23.6. The Bertz CT molecular complexity index is 716. The molecule has 0 N–H and O–H groups in total. The van der Waals surface area contributed by atoms with E-state index in [4.69, 9.17) is 4.99 Å². The molecule has 0 aromatic heterocycles. The van der Waals surface area contributed by atoms with E-state index in [0.29, 0.717) is 0 Å². The predicted octanol–water partition coefficient (Wildman–Crippen LogP) is 5.42. The first-order valence-corrected chi connectivity index (χ1v) is 10.4. The van der Waals surface area contributed by atoms with Crippen molar-refractivity contribution in [2.45, 2.75) is 101 Å². The Morgan fingerprint density at radius 2 is 1.55 bits per heavy atom. The summed E-state index contributed by atoms with van der Waals surface area (Å²) in [6.07, 6.45) is 9.88. The van der Waals surface area contributed by atoms with E-state index in [1.807, 2.05) is 6.21 Å². The van der Waals surface area contributed by atoms with Gasteiger partial charge in [-0.05, 0) is 53.2 Å². The van der Waals surface area contributed by atoms with Crippen LogP contribution < -0.4 is 0 Å². The Hall–Kier alpha value is -0.346. The van der Waals surface area contributed by atoms with Gasteiger partial charge in [-0.25, -0.2) is 0 Å². The fourth-order valence-corrected chi connectivity index (χ4v) is 3.74. The Kier molecular flexibility index (Phi) is 7.96. The van der Waals surface area contributed by atoms with Gasteiger partial charge in [-0.3, -0.25) is 4.58 Å². The summed E-state index contributed by atoms with van der Waals surface area (Å²) in [7, 11) is 0. The van der Waals surface area contributed by atoms with E-state index >= 15 is 0 Å². The van der Waals surface area contributed by atoms with Crippen LogP contribution in [0.25, 0.3) is 0 Å². The van der Waals surface area contributed by atoms with Crippen LogP contribution in [0.15, 0.2) is 21.9 Å². The average Bonchev–Trinajstić information content (AvgIpc) is 2.85. The quantitative estimate of drug-likeness (QED) is 0.397. The van der Waals surface area contributed by atoms with Crippen molar-refractivity contribution in [1.29, 1.82) is 0 Å². The van der Waals surface area contributed by atoms with E-state index in [0.717, 1.165) is 11.5 Å². The van der Waals surface area contributed by atoms with Crippen LogP contribution >= 0.6 is 0 Å². The van der Waals surface area contributed by atoms with Gasteiger partial charge in [-0.2, -0.15) is 5.41 Å². The number of aliphatic imine (C=N–C) groups is 2. The molecule has 2 atom stereocenters. The number of nitrogens with zero attached hydrogens (tertiary/aromatic N) is 4. The summed E-state index contributed by atoms with van der Waals surface area (Å²) < 4.78 is 2.21. The van der Waals surface area contributed by atoms with Crippen LogP contribution in [-0.4, -0.2) is 45.5 Å². The Morgan fingerprint density at radius 1 is 1.00 bits per heavy atom. The molecule has 0 spiro atoms. The maximum Gasteiger partial charge on any atom is 0.289 e. The molecule has 0 aliphatic carbocycles. The van der Waals surface area contributed by atoms with Crippen LogP contribution in [0, 0.1) is 22.7 Å². The third-order valence-electron chi connectivity index (χ3n) is 4.91. The zero-order valence-electron chi connectivity index (χ0n) is 20.8. The molecule has 0 fully saturated rings. The molecule has 0 bridgehead atoms. The van der Waals surface area contributed by atoms with Gasteiger partial charge in [0.1, 0.15) is 0 Å². The Morgan fingerprint density at radius 3 is 1.97 bits per heavy atom. The van der Waals surface area contributed by atoms with Gasteiger partial charge >= 0.3 is 0 Å². The molecule has 4 nitrogen and oxygen atoms in total. The standard InChI is InChI=1S/C24H41N4.Y/c1-21(2,3)13-18(22(4,5)6)28(24(10,11)12)17-14-25-19-15-26-20(23(7,8)9)27(19)16-17;/h13,15-16,18-19H,1-12H3;/q-1;. The summed E-state index contributed by atoms with van der Waals surface area (Å²) in [5.74, 6) is 1.06. The zero-order chi connectivity index (χ0) is 21.7. The first kappa shape index (κ1) is 26.7. The maximum atomic E-state index is 4.71. The molecular weight excluding hydrogens is 433 g/mol. The van der Waals surface area contributed by atoms with Crippen molar-refractivity contribution >= 4 is 18.3 Å². The monoisotopic (exact) mass is 474 g/mol. The van der Waals surface area contributed by atoms with Crippen molar-refractivity contribution < 1.29 is 37.3 Å². The first-order valence-electron chi connectivity index (χ1n) is 10.4. The van der Waals surface area contributed by atoms with Gasteiger partial charge < -0.3 is 16.3 Å². The topological polar surface area (TPSA) is 31.0 Å². The SMILES string of the molecule is CC(C)(C)[CH-]C(N(C1=C[N+]2=C(C(C)(C)C)N=CC2N=[C-]1)C(C)(C)C)C(C)(C)C.[Y].